The number of likely N-dealkylation sites (tertiary alicyclic amines) is 1. The third-order valence-corrected chi connectivity index (χ3v) is 8.20. The Morgan fingerprint density at radius 3 is 2.97 bits per heavy atom. The second-order valence-electron chi connectivity index (χ2n) is 9.46. The fraction of sp³-hybridized carbons (Fsp3) is 0.414. The van der Waals surface area contributed by atoms with Gasteiger partial charge in [0.1, 0.15) is 11.9 Å². The van der Waals surface area contributed by atoms with Gasteiger partial charge >= 0.3 is 5.97 Å². The summed E-state index contributed by atoms with van der Waals surface area (Å²) in [5.41, 5.74) is 1.95. The lowest BCUT2D eigenvalue weighted by Crippen LogP contribution is -2.44. The first-order valence-corrected chi connectivity index (χ1v) is 13.6. The molecule has 194 valence electrons. The molecule has 0 unspecified atom stereocenters. The normalized spacial score (nSPS) is 18.8. The van der Waals surface area contributed by atoms with Crippen LogP contribution in [0.2, 0.25) is 0 Å². The number of halogens is 1. The SMILES string of the molecule is COc1ccc2nccc([C@@H](F)CC[C@@H]3CCN(CCCSc4cccc(C#N)c4)C[C@@H]3C(=O)O)c2c1. The van der Waals surface area contributed by atoms with Crippen molar-refractivity contribution in [2.24, 2.45) is 11.8 Å². The Bertz CT molecular complexity index is 1260. The van der Waals surface area contributed by atoms with Crippen LogP contribution >= 0.6 is 11.8 Å². The number of aromatic nitrogens is 1. The fourth-order valence-corrected chi connectivity index (χ4v) is 5.99. The molecule has 2 heterocycles. The molecule has 0 bridgehead atoms. The second-order valence-corrected chi connectivity index (χ2v) is 10.6. The predicted molar refractivity (Wildman–Crippen MR) is 144 cm³/mol. The van der Waals surface area contributed by atoms with Gasteiger partial charge in [-0.05, 0) is 98.5 Å². The first kappa shape index (κ1) is 26.9. The van der Waals surface area contributed by atoms with E-state index < -0.39 is 18.1 Å². The Hall–Kier alpha value is -3.15. The number of piperidine rings is 1. The van der Waals surface area contributed by atoms with Crippen molar-refractivity contribution in [3.05, 3.63) is 65.9 Å². The molecule has 0 aliphatic carbocycles. The number of alkyl halides is 1. The molecule has 0 amide bonds. The molecule has 1 aromatic heterocycles. The summed E-state index contributed by atoms with van der Waals surface area (Å²) in [6, 6.07) is 16.9. The summed E-state index contributed by atoms with van der Waals surface area (Å²) in [5.74, 6) is 0.224. The van der Waals surface area contributed by atoms with Crippen LogP contribution in [0.25, 0.3) is 10.9 Å². The number of carboxylic acid groups (broad SMARTS) is 1. The van der Waals surface area contributed by atoms with Crippen molar-refractivity contribution in [3.8, 4) is 11.8 Å². The Labute approximate surface area is 221 Å². The Morgan fingerprint density at radius 2 is 2.19 bits per heavy atom. The van der Waals surface area contributed by atoms with Crippen molar-refractivity contribution in [3.63, 3.8) is 0 Å². The number of rotatable bonds is 11. The van der Waals surface area contributed by atoms with Gasteiger partial charge in [-0.2, -0.15) is 5.26 Å². The van der Waals surface area contributed by atoms with Gasteiger partial charge in [0.25, 0.3) is 0 Å². The van der Waals surface area contributed by atoms with E-state index in [4.69, 9.17) is 10.00 Å². The molecule has 8 heteroatoms. The van der Waals surface area contributed by atoms with Crippen LogP contribution in [0.15, 0.2) is 59.6 Å². The third-order valence-electron chi connectivity index (χ3n) is 7.12. The van der Waals surface area contributed by atoms with Crippen molar-refractivity contribution in [1.29, 1.82) is 5.26 Å². The summed E-state index contributed by atoms with van der Waals surface area (Å²) < 4.78 is 20.7. The van der Waals surface area contributed by atoms with Gasteiger partial charge in [0, 0.05) is 23.0 Å². The van der Waals surface area contributed by atoms with Crippen LogP contribution in [-0.4, -0.2) is 53.5 Å². The number of thioether (sulfide) groups is 1. The largest absolute Gasteiger partial charge is 0.497 e. The van der Waals surface area contributed by atoms with Crippen LogP contribution in [0, 0.1) is 23.2 Å². The molecule has 0 saturated carbocycles. The highest BCUT2D eigenvalue weighted by molar-refractivity contribution is 7.99. The maximum atomic E-state index is 15.4. The average molecular weight is 522 g/mol. The van der Waals surface area contributed by atoms with Gasteiger partial charge in [-0.25, -0.2) is 4.39 Å². The zero-order valence-electron chi connectivity index (χ0n) is 21.0. The number of pyridine rings is 1. The number of methoxy groups -OCH3 is 1. The molecular formula is C29H32FN3O3S. The van der Waals surface area contributed by atoms with E-state index in [-0.39, 0.29) is 12.3 Å². The van der Waals surface area contributed by atoms with E-state index in [0.29, 0.717) is 35.4 Å². The van der Waals surface area contributed by atoms with E-state index in [1.807, 2.05) is 30.3 Å². The van der Waals surface area contributed by atoms with E-state index in [1.165, 1.54) is 0 Å². The summed E-state index contributed by atoms with van der Waals surface area (Å²) in [4.78, 5) is 19.7. The topological polar surface area (TPSA) is 86.5 Å². The van der Waals surface area contributed by atoms with Crippen molar-refractivity contribution < 1.29 is 19.0 Å². The number of ether oxygens (including phenoxy) is 1. The molecule has 37 heavy (non-hydrogen) atoms. The first-order chi connectivity index (χ1) is 18.0. The number of hydrogen-bond acceptors (Lipinski definition) is 6. The predicted octanol–water partition coefficient (Wildman–Crippen LogP) is 6.11. The summed E-state index contributed by atoms with van der Waals surface area (Å²) in [6.07, 6.45) is 2.93. The maximum absolute atomic E-state index is 15.4. The summed E-state index contributed by atoms with van der Waals surface area (Å²) in [6.45, 7) is 2.16. The van der Waals surface area contributed by atoms with Crippen LogP contribution < -0.4 is 4.74 Å². The number of nitrogens with zero attached hydrogens (tertiary/aromatic N) is 3. The fourth-order valence-electron chi connectivity index (χ4n) is 5.09. The van der Waals surface area contributed by atoms with Crippen LogP contribution in [-0.2, 0) is 4.79 Å². The van der Waals surface area contributed by atoms with Gasteiger partial charge in [0.05, 0.1) is 30.2 Å². The number of benzene rings is 2. The molecule has 3 atom stereocenters. The van der Waals surface area contributed by atoms with Gasteiger partial charge in [-0.1, -0.05) is 6.07 Å². The van der Waals surface area contributed by atoms with Gasteiger partial charge in [-0.3, -0.25) is 9.78 Å². The lowest BCUT2D eigenvalue weighted by atomic mass is 9.81. The van der Waals surface area contributed by atoms with Gasteiger partial charge in [0.2, 0.25) is 0 Å². The number of fused-ring (bicyclic) bond motifs is 1. The molecule has 0 radical (unpaired) electrons. The second kappa shape index (κ2) is 12.9. The van der Waals surface area contributed by atoms with Crippen LogP contribution in [0.1, 0.15) is 43.0 Å². The van der Waals surface area contributed by atoms with Crippen molar-refractivity contribution in [1.82, 2.24) is 9.88 Å². The number of carbonyl (C=O) groups is 1. The molecule has 1 aliphatic rings. The lowest BCUT2D eigenvalue weighted by Gasteiger charge is -2.36. The van der Waals surface area contributed by atoms with Crippen LogP contribution in [0.3, 0.4) is 0 Å². The highest BCUT2D eigenvalue weighted by Crippen LogP contribution is 2.35. The Morgan fingerprint density at radius 1 is 1.32 bits per heavy atom. The van der Waals surface area contributed by atoms with E-state index in [1.54, 1.807) is 43.3 Å². The van der Waals surface area contributed by atoms with E-state index in [2.05, 4.69) is 16.0 Å². The van der Waals surface area contributed by atoms with Gasteiger partial charge in [-0.15, -0.1) is 11.8 Å². The number of carboxylic acids is 1. The quantitative estimate of drug-likeness (QED) is 0.241. The minimum Gasteiger partial charge on any atom is -0.497 e. The lowest BCUT2D eigenvalue weighted by molar-refractivity contribution is -0.146. The van der Waals surface area contributed by atoms with Crippen LogP contribution in [0.4, 0.5) is 4.39 Å². The Balaban J connectivity index is 1.29. The van der Waals surface area contributed by atoms with E-state index in [0.717, 1.165) is 42.0 Å². The Kier molecular flexibility index (Phi) is 9.37. The number of aliphatic carboxylic acids is 1. The summed E-state index contributed by atoms with van der Waals surface area (Å²) in [5, 5.41) is 19.7. The summed E-state index contributed by atoms with van der Waals surface area (Å²) >= 11 is 1.71. The van der Waals surface area contributed by atoms with Crippen molar-refractivity contribution >= 4 is 28.6 Å². The zero-order chi connectivity index (χ0) is 26.2. The van der Waals surface area contributed by atoms with Gasteiger partial charge in [0.15, 0.2) is 0 Å². The van der Waals surface area contributed by atoms with E-state index >= 15 is 4.39 Å². The molecular weight excluding hydrogens is 489 g/mol. The van der Waals surface area contributed by atoms with Crippen LogP contribution in [0.5, 0.6) is 5.75 Å². The highest BCUT2D eigenvalue weighted by atomic mass is 32.2. The molecule has 1 N–H and O–H groups in total. The maximum Gasteiger partial charge on any atom is 0.308 e. The smallest absolute Gasteiger partial charge is 0.308 e. The number of hydrogen-bond donors (Lipinski definition) is 1. The van der Waals surface area contributed by atoms with Crippen molar-refractivity contribution in [2.45, 2.75) is 36.8 Å². The molecule has 6 nitrogen and oxygen atoms in total. The highest BCUT2D eigenvalue weighted by Gasteiger charge is 2.34. The molecule has 1 aliphatic heterocycles. The standard InChI is InChI=1S/C29H32FN3O3S/c1-36-22-7-9-28-25(17-22)24(10-12-32-28)27(30)8-6-21-11-14-33(19-26(21)29(34)35)13-3-15-37-23-5-2-4-20(16-23)18-31/h2,4-5,7,9-10,12,16-17,21,26-27H,3,6,8,11,13-15,19H2,1H3,(H,34,35)/t21-,26+,27+/m1/s1. The molecule has 4 rings (SSSR count). The molecule has 0 spiro atoms. The average Bonchev–Trinajstić information content (AvgIpc) is 2.93. The molecule has 1 saturated heterocycles. The molecule has 2 aromatic carbocycles. The summed E-state index contributed by atoms with van der Waals surface area (Å²) in [7, 11) is 1.58. The minimum atomic E-state index is -1.19. The minimum absolute atomic E-state index is 0.0438. The van der Waals surface area contributed by atoms with Gasteiger partial charge < -0.3 is 14.7 Å². The molecule has 1 fully saturated rings. The zero-order valence-corrected chi connectivity index (χ0v) is 21.8. The molecule has 3 aromatic rings. The van der Waals surface area contributed by atoms with E-state index in [9.17, 15) is 9.90 Å². The first-order valence-electron chi connectivity index (χ1n) is 12.6. The monoisotopic (exact) mass is 521 g/mol. The third kappa shape index (κ3) is 7.00. The van der Waals surface area contributed by atoms with Crippen molar-refractivity contribution in [2.75, 3.05) is 32.5 Å². The number of nitriles is 1.